The molecule has 0 atom stereocenters. The maximum Gasteiger partial charge on any atom is 0.254 e. The number of benzene rings is 2. The van der Waals surface area contributed by atoms with E-state index in [-0.39, 0.29) is 5.91 Å². The minimum atomic E-state index is 0.0467. The lowest BCUT2D eigenvalue weighted by Gasteiger charge is -2.29. The Kier molecular flexibility index (Phi) is 4.71. The van der Waals surface area contributed by atoms with Gasteiger partial charge >= 0.3 is 0 Å². The number of carbonyl (C=O) groups excluding carboxylic acids is 1. The second-order valence-corrected chi connectivity index (χ2v) is 6.87. The number of fused-ring (bicyclic) bond motifs is 1. The van der Waals surface area contributed by atoms with Gasteiger partial charge in [-0.15, -0.1) is 12.6 Å². The Morgan fingerprint density at radius 2 is 1.69 bits per heavy atom. The summed E-state index contributed by atoms with van der Waals surface area (Å²) in [6.45, 7) is 1.18. The molecule has 0 saturated heterocycles. The third-order valence-electron chi connectivity index (χ3n) is 4.69. The molecule has 4 nitrogen and oxygen atoms in total. The summed E-state index contributed by atoms with van der Waals surface area (Å²) in [5.41, 5.74) is 4.70. The molecule has 0 spiro atoms. The average Bonchev–Trinajstić information content (AvgIpc) is 2.71. The summed E-state index contributed by atoms with van der Waals surface area (Å²) in [5.74, 6) is 0.0467. The molecule has 4 rings (SSSR count). The summed E-state index contributed by atoms with van der Waals surface area (Å²) in [4.78, 5) is 15.5. The smallest absolute Gasteiger partial charge is 0.254 e. The predicted octanol–water partition coefficient (Wildman–Crippen LogP) is 3.55. The van der Waals surface area contributed by atoms with Gasteiger partial charge in [0.1, 0.15) is 0 Å². The Labute approximate surface area is 158 Å². The van der Waals surface area contributed by atoms with Gasteiger partial charge in [0, 0.05) is 42.0 Å². The highest BCUT2D eigenvalue weighted by Gasteiger charge is 2.25. The van der Waals surface area contributed by atoms with Crippen LogP contribution < -0.4 is 0 Å². The molecule has 0 radical (unpaired) electrons. The Morgan fingerprint density at radius 1 is 1.00 bits per heavy atom. The van der Waals surface area contributed by atoms with Crippen molar-refractivity contribution in [1.82, 2.24) is 15.1 Å². The van der Waals surface area contributed by atoms with Crippen LogP contribution in [-0.4, -0.2) is 27.5 Å². The molecule has 2 aromatic carbocycles. The molecule has 1 aliphatic heterocycles. The monoisotopic (exact) mass is 361 g/mol. The van der Waals surface area contributed by atoms with E-state index >= 15 is 0 Å². The lowest BCUT2D eigenvalue weighted by Crippen LogP contribution is -2.37. The highest BCUT2D eigenvalue weighted by molar-refractivity contribution is 7.80. The van der Waals surface area contributed by atoms with Gasteiger partial charge in [-0.05, 0) is 17.7 Å². The van der Waals surface area contributed by atoms with E-state index in [9.17, 15) is 4.79 Å². The maximum absolute atomic E-state index is 12.8. The molecule has 3 aromatic rings. The second-order valence-electron chi connectivity index (χ2n) is 6.43. The number of nitrogens with zero attached hydrogens (tertiary/aromatic N) is 3. The van der Waals surface area contributed by atoms with E-state index in [4.69, 9.17) is 12.6 Å². The molecule has 0 N–H and O–H groups in total. The van der Waals surface area contributed by atoms with Crippen molar-refractivity contribution in [1.29, 1.82) is 0 Å². The first-order valence-corrected chi connectivity index (χ1v) is 9.11. The summed E-state index contributed by atoms with van der Waals surface area (Å²) < 4.78 is 0. The van der Waals surface area contributed by atoms with Crippen LogP contribution in [0.5, 0.6) is 0 Å². The fourth-order valence-electron chi connectivity index (χ4n) is 3.26. The van der Waals surface area contributed by atoms with Crippen LogP contribution in [0.1, 0.15) is 32.9 Å². The van der Waals surface area contributed by atoms with Crippen LogP contribution in [-0.2, 0) is 19.4 Å². The van der Waals surface area contributed by atoms with Crippen molar-refractivity contribution in [2.24, 2.45) is 0 Å². The van der Waals surface area contributed by atoms with E-state index in [1.165, 1.54) is 5.56 Å². The second kappa shape index (κ2) is 7.30. The van der Waals surface area contributed by atoms with Gasteiger partial charge in [0.2, 0.25) is 0 Å². The summed E-state index contributed by atoms with van der Waals surface area (Å²) in [7, 11) is 0. The zero-order valence-corrected chi connectivity index (χ0v) is 15.2. The van der Waals surface area contributed by atoms with Crippen LogP contribution in [0.3, 0.4) is 0 Å². The molecule has 2 heterocycles. The molecule has 0 aliphatic carbocycles. The van der Waals surface area contributed by atoms with Crippen LogP contribution >= 0.6 is 12.6 Å². The van der Waals surface area contributed by atoms with Crippen molar-refractivity contribution in [3.05, 3.63) is 88.7 Å². The summed E-state index contributed by atoms with van der Waals surface area (Å²) in [5, 5.41) is 8.79. The largest absolute Gasteiger partial charge is 0.334 e. The number of amides is 1. The number of thiol groups is 1. The molecule has 0 saturated carbocycles. The third-order valence-corrected chi connectivity index (χ3v) is 5.22. The van der Waals surface area contributed by atoms with Crippen molar-refractivity contribution in [3.8, 4) is 0 Å². The Bertz CT molecular complexity index is 929. The Morgan fingerprint density at radius 3 is 2.42 bits per heavy atom. The number of rotatable bonds is 3. The Hall–Kier alpha value is -2.66. The zero-order chi connectivity index (χ0) is 17.9. The quantitative estimate of drug-likeness (QED) is 0.726. The fourth-order valence-corrected chi connectivity index (χ4v) is 3.59. The molecule has 0 bridgehead atoms. The van der Waals surface area contributed by atoms with Gasteiger partial charge in [-0.25, -0.2) is 0 Å². The van der Waals surface area contributed by atoms with Gasteiger partial charge in [0.05, 0.1) is 11.4 Å². The molecule has 1 aliphatic rings. The van der Waals surface area contributed by atoms with Gasteiger partial charge in [-0.2, -0.15) is 10.2 Å². The first kappa shape index (κ1) is 16.8. The van der Waals surface area contributed by atoms with E-state index in [2.05, 4.69) is 22.3 Å². The summed E-state index contributed by atoms with van der Waals surface area (Å²) in [6.07, 6.45) is 1.40. The third kappa shape index (κ3) is 3.35. The molecule has 130 valence electrons. The lowest BCUT2D eigenvalue weighted by atomic mass is 10.0. The molecule has 0 unspecified atom stereocenters. The first-order chi connectivity index (χ1) is 12.7. The van der Waals surface area contributed by atoms with E-state index in [0.29, 0.717) is 31.5 Å². The van der Waals surface area contributed by atoms with Crippen LogP contribution in [0.2, 0.25) is 0 Å². The van der Waals surface area contributed by atoms with E-state index in [1.54, 1.807) is 0 Å². The first-order valence-electron chi connectivity index (χ1n) is 8.67. The normalized spacial score (nSPS) is 13.3. The zero-order valence-electron chi connectivity index (χ0n) is 14.3. The van der Waals surface area contributed by atoms with Gasteiger partial charge < -0.3 is 4.90 Å². The van der Waals surface area contributed by atoms with Crippen molar-refractivity contribution in [2.45, 2.75) is 24.3 Å². The standard InChI is InChI=1S/C21H19N3OS/c25-21(16-9-5-2-6-10-16)24-12-11-18-17(14-24)20(26)19(23-22-18)13-15-7-3-1-4-8-15/h1-10H,11-14H2,(H,22,26). The van der Waals surface area contributed by atoms with Gasteiger partial charge in [-0.3, -0.25) is 4.79 Å². The van der Waals surface area contributed by atoms with E-state index < -0.39 is 0 Å². The molecular weight excluding hydrogens is 342 g/mol. The van der Waals surface area contributed by atoms with Gasteiger partial charge in [-0.1, -0.05) is 48.5 Å². The topological polar surface area (TPSA) is 46.1 Å². The number of hydrogen-bond acceptors (Lipinski definition) is 4. The van der Waals surface area contributed by atoms with Crippen LogP contribution in [0.25, 0.3) is 0 Å². The van der Waals surface area contributed by atoms with Crippen LogP contribution in [0.4, 0.5) is 0 Å². The SMILES string of the molecule is O=C(c1ccccc1)N1CCc2nnc(Cc3ccccc3)c(S)c2C1. The number of carbonyl (C=O) groups is 1. The van der Waals surface area contributed by atoms with Gasteiger partial charge in [0.15, 0.2) is 0 Å². The minimum absolute atomic E-state index is 0.0467. The molecule has 1 amide bonds. The van der Waals surface area contributed by atoms with Crippen molar-refractivity contribution < 1.29 is 4.79 Å². The van der Waals surface area contributed by atoms with Crippen LogP contribution in [0, 0.1) is 0 Å². The average molecular weight is 361 g/mol. The fraction of sp³-hybridized carbons (Fsp3) is 0.190. The highest BCUT2D eigenvalue weighted by atomic mass is 32.1. The Balaban J connectivity index is 1.60. The highest BCUT2D eigenvalue weighted by Crippen LogP contribution is 2.27. The van der Waals surface area contributed by atoms with Crippen LogP contribution in [0.15, 0.2) is 65.6 Å². The molecule has 5 heteroatoms. The maximum atomic E-state index is 12.8. The molecule has 26 heavy (non-hydrogen) atoms. The number of aromatic nitrogens is 2. The molecule has 0 fully saturated rings. The molecular formula is C21H19N3OS. The summed E-state index contributed by atoms with van der Waals surface area (Å²) in [6, 6.07) is 19.6. The lowest BCUT2D eigenvalue weighted by molar-refractivity contribution is 0.0731. The minimum Gasteiger partial charge on any atom is -0.334 e. The van der Waals surface area contributed by atoms with Crippen molar-refractivity contribution in [3.63, 3.8) is 0 Å². The predicted molar refractivity (Wildman–Crippen MR) is 103 cm³/mol. The van der Waals surface area contributed by atoms with Crippen molar-refractivity contribution in [2.75, 3.05) is 6.54 Å². The van der Waals surface area contributed by atoms with Crippen molar-refractivity contribution >= 4 is 18.5 Å². The molecule has 1 aromatic heterocycles. The summed E-state index contributed by atoms with van der Waals surface area (Å²) >= 11 is 4.74. The van der Waals surface area contributed by atoms with E-state index in [1.807, 2.05) is 53.4 Å². The van der Waals surface area contributed by atoms with Gasteiger partial charge in [0.25, 0.3) is 5.91 Å². The van der Waals surface area contributed by atoms with E-state index in [0.717, 1.165) is 21.8 Å². The number of hydrogen-bond donors (Lipinski definition) is 1.